The van der Waals surface area contributed by atoms with Gasteiger partial charge in [-0.05, 0) is 64.5 Å². The highest BCUT2D eigenvalue weighted by Gasteiger charge is 2.22. The minimum absolute atomic E-state index is 0.0296. The topological polar surface area (TPSA) is 46.5 Å². The van der Waals surface area contributed by atoms with Crippen LogP contribution in [0, 0.1) is 0 Å². The molecule has 2 aromatic rings. The van der Waals surface area contributed by atoms with Gasteiger partial charge in [0.1, 0.15) is 11.9 Å². The lowest BCUT2D eigenvalue weighted by Crippen LogP contribution is -2.15. The minimum atomic E-state index is -0.940. The number of halogens is 1. The fourth-order valence-corrected chi connectivity index (χ4v) is 3.19. The summed E-state index contributed by atoms with van der Waals surface area (Å²) in [6, 6.07) is 13.2. The van der Waals surface area contributed by atoms with Gasteiger partial charge in [0.25, 0.3) is 0 Å². The molecular formula is C17H15BrO3. The van der Waals surface area contributed by atoms with Crippen molar-refractivity contribution >= 4 is 21.9 Å². The first-order valence-corrected chi connectivity index (χ1v) is 7.72. The Morgan fingerprint density at radius 1 is 1.24 bits per heavy atom. The molecule has 0 spiro atoms. The fourth-order valence-electron chi connectivity index (χ4n) is 2.71. The maximum Gasteiger partial charge on any atom is 0.335 e. The van der Waals surface area contributed by atoms with Gasteiger partial charge in [-0.2, -0.15) is 0 Å². The molecule has 1 atom stereocenters. The molecule has 1 aliphatic carbocycles. The third-order valence-electron chi connectivity index (χ3n) is 3.76. The van der Waals surface area contributed by atoms with E-state index in [1.165, 1.54) is 11.1 Å². The third kappa shape index (κ3) is 2.95. The lowest BCUT2D eigenvalue weighted by molar-refractivity contribution is 0.0696. The maximum absolute atomic E-state index is 11.0. The van der Waals surface area contributed by atoms with Crippen molar-refractivity contribution in [2.45, 2.75) is 25.4 Å². The summed E-state index contributed by atoms with van der Waals surface area (Å²) in [6.45, 7) is 0. The molecule has 0 aliphatic heterocycles. The predicted molar refractivity (Wildman–Crippen MR) is 83.9 cm³/mol. The van der Waals surface area contributed by atoms with Crippen LogP contribution in [0.2, 0.25) is 0 Å². The van der Waals surface area contributed by atoms with Crippen LogP contribution in [0.1, 0.15) is 40.4 Å². The number of hydrogen-bond donors (Lipinski definition) is 1. The summed E-state index contributed by atoms with van der Waals surface area (Å²) in [6.07, 6.45) is 3.20. The molecule has 0 aromatic heterocycles. The standard InChI is InChI=1S/C17H15BrO3/c18-14-10-12(17(19)20)8-9-16(14)21-15-7-3-5-11-4-1-2-6-13(11)15/h1-2,4,6,8-10,15H,3,5,7H2,(H,19,20). The van der Waals surface area contributed by atoms with E-state index in [2.05, 4.69) is 34.1 Å². The number of fused-ring (bicyclic) bond motifs is 1. The van der Waals surface area contributed by atoms with E-state index in [1.807, 2.05) is 6.07 Å². The molecule has 2 aromatic carbocycles. The molecule has 1 aliphatic rings. The average molecular weight is 347 g/mol. The van der Waals surface area contributed by atoms with Crippen LogP contribution >= 0.6 is 15.9 Å². The highest BCUT2D eigenvalue weighted by molar-refractivity contribution is 9.10. The van der Waals surface area contributed by atoms with Crippen LogP contribution in [-0.4, -0.2) is 11.1 Å². The summed E-state index contributed by atoms with van der Waals surface area (Å²) in [7, 11) is 0. The molecule has 4 heteroatoms. The summed E-state index contributed by atoms with van der Waals surface area (Å²) in [5.41, 5.74) is 2.82. The summed E-state index contributed by atoms with van der Waals surface area (Å²) >= 11 is 3.39. The Kier molecular flexibility index (Phi) is 3.97. The van der Waals surface area contributed by atoms with E-state index in [0.29, 0.717) is 10.2 Å². The van der Waals surface area contributed by atoms with E-state index in [-0.39, 0.29) is 11.7 Å². The zero-order valence-corrected chi connectivity index (χ0v) is 13.0. The number of aromatic carboxylic acids is 1. The molecule has 108 valence electrons. The Hall–Kier alpha value is -1.81. The van der Waals surface area contributed by atoms with Gasteiger partial charge in [0.2, 0.25) is 0 Å². The summed E-state index contributed by atoms with van der Waals surface area (Å²) < 4.78 is 6.78. The molecule has 0 saturated carbocycles. The molecule has 3 rings (SSSR count). The molecule has 3 nitrogen and oxygen atoms in total. The molecule has 1 unspecified atom stereocenters. The van der Waals surface area contributed by atoms with Gasteiger partial charge < -0.3 is 9.84 Å². The molecule has 0 bridgehead atoms. The number of benzene rings is 2. The quantitative estimate of drug-likeness (QED) is 0.882. The molecule has 0 amide bonds. The van der Waals surface area contributed by atoms with E-state index in [4.69, 9.17) is 9.84 Å². The van der Waals surface area contributed by atoms with Crippen molar-refractivity contribution in [2.24, 2.45) is 0 Å². The monoisotopic (exact) mass is 346 g/mol. The van der Waals surface area contributed by atoms with Crippen LogP contribution < -0.4 is 4.74 Å². The molecule has 0 fully saturated rings. The number of carboxylic acid groups (broad SMARTS) is 1. The van der Waals surface area contributed by atoms with Gasteiger partial charge >= 0.3 is 5.97 Å². The Morgan fingerprint density at radius 2 is 2.05 bits per heavy atom. The lowest BCUT2D eigenvalue weighted by Gasteiger charge is -2.26. The van der Waals surface area contributed by atoms with Crippen LogP contribution in [0.3, 0.4) is 0 Å². The zero-order valence-electron chi connectivity index (χ0n) is 11.4. The van der Waals surface area contributed by atoms with Crippen LogP contribution in [0.5, 0.6) is 5.75 Å². The Labute approximate surface area is 131 Å². The maximum atomic E-state index is 11.0. The van der Waals surface area contributed by atoms with Crippen LogP contribution in [0.25, 0.3) is 0 Å². The van der Waals surface area contributed by atoms with E-state index >= 15 is 0 Å². The smallest absolute Gasteiger partial charge is 0.335 e. The van der Waals surface area contributed by atoms with E-state index in [1.54, 1.807) is 18.2 Å². The lowest BCUT2D eigenvalue weighted by atomic mass is 9.89. The first-order valence-electron chi connectivity index (χ1n) is 6.92. The number of rotatable bonds is 3. The highest BCUT2D eigenvalue weighted by atomic mass is 79.9. The fraction of sp³-hybridized carbons (Fsp3) is 0.235. The van der Waals surface area contributed by atoms with Crippen molar-refractivity contribution in [3.8, 4) is 5.75 Å². The van der Waals surface area contributed by atoms with Gasteiger partial charge in [0.05, 0.1) is 10.0 Å². The van der Waals surface area contributed by atoms with E-state index < -0.39 is 5.97 Å². The van der Waals surface area contributed by atoms with E-state index in [0.717, 1.165) is 19.3 Å². The first kappa shape index (κ1) is 14.1. The minimum Gasteiger partial charge on any atom is -0.485 e. The molecule has 0 saturated heterocycles. The number of hydrogen-bond acceptors (Lipinski definition) is 2. The molecular weight excluding hydrogens is 332 g/mol. The Balaban J connectivity index is 1.86. The van der Waals surface area contributed by atoms with Gasteiger partial charge in [-0.1, -0.05) is 24.3 Å². The van der Waals surface area contributed by atoms with Gasteiger partial charge in [0, 0.05) is 0 Å². The van der Waals surface area contributed by atoms with Crippen molar-refractivity contribution in [1.82, 2.24) is 0 Å². The second-order valence-electron chi connectivity index (χ2n) is 5.15. The summed E-state index contributed by atoms with van der Waals surface area (Å²) in [5, 5.41) is 8.99. The summed E-state index contributed by atoms with van der Waals surface area (Å²) in [4.78, 5) is 11.0. The normalized spacial score (nSPS) is 17.1. The third-order valence-corrected chi connectivity index (χ3v) is 4.38. The number of carbonyl (C=O) groups is 1. The zero-order chi connectivity index (χ0) is 14.8. The largest absolute Gasteiger partial charge is 0.485 e. The van der Waals surface area contributed by atoms with Gasteiger partial charge in [0.15, 0.2) is 0 Å². The van der Waals surface area contributed by atoms with Gasteiger partial charge in [-0.15, -0.1) is 0 Å². The summed E-state index contributed by atoms with van der Waals surface area (Å²) in [5.74, 6) is -0.257. The number of ether oxygens (including phenoxy) is 1. The molecule has 1 N–H and O–H groups in total. The van der Waals surface area contributed by atoms with Crippen molar-refractivity contribution in [3.63, 3.8) is 0 Å². The van der Waals surface area contributed by atoms with E-state index in [9.17, 15) is 4.79 Å². The molecule has 0 radical (unpaired) electrons. The van der Waals surface area contributed by atoms with Crippen LogP contribution in [0.4, 0.5) is 0 Å². The molecule has 21 heavy (non-hydrogen) atoms. The van der Waals surface area contributed by atoms with Crippen LogP contribution in [0.15, 0.2) is 46.9 Å². The Bertz CT molecular complexity index is 681. The Morgan fingerprint density at radius 3 is 2.81 bits per heavy atom. The first-order chi connectivity index (χ1) is 10.1. The van der Waals surface area contributed by atoms with Gasteiger partial charge in [-0.3, -0.25) is 0 Å². The van der Waals surface area contributed by atoms with Crippen molar-refractivity contribution in [2.75, 3.05) is 0 Å². The second kappa shape index (κ2) is 5.90. The van der Waals surface area contributed by atoms with Crippen LogP contribution in [-0.2, 0) is 6.42 Å². The average Bonchev–Trinajstić information content (AvgIpc) is 2.49. The van der Waals surface area contributed by atoms with Crippen molar-refractivity contribution < 1.29 is 14.6 Å². The van der Waals surface area contributed by atoms with Crippen molar-refractivity contribution in [1.29, 1.82) is 0 Å². The highest BCUT2D eigenvalue weighted by Crippen LogP contribution is 2.36. The predicted octanol–water partition coefficient (Wildman–Crippen LogP) is 4.60. The number of carboxylic acids is 1. The number of aryl methyl sites for hydroxylation is 1. The second-order valence-corrected chi connectivity index (χ2v) is 6.00. The van der Waals surface area contributed by atoms with Crippen molar-refractivity contribution in [3.05, 3.63) is 63.6 Å². The SMILES string of the molecule is O=C(O)c1ccc(OC2CCCc3ccccc32)c(Br)c1. The van der Waals surface area contributed by atoms with Gasteiger partial charge in [-0.25, -0.2) is 4.79 Å². The molecule has 0 heterocycles.